The average molecular weight is 603 g/mol. The Labute approximate surface area is 275 Å². The van der Waals surface area contributed by atoms with Crippen LogP contribution in [0.5, 0.6) is 0 Å². The number of nitrogens with zero attached hydrogens (tertiary/aromatic N) is 1. The first-order valence-electron chi connectivity index (χ1n) is 16.4. The van der Waals surface area contributed by atoms with Crippen LogP contribution in [0.2, 0.25) is 0 Å². The summed E-state index contributed by atoms with van der Waals surface area (Å²) >= 11 is 0. The molecule has 8 aromatic rings. The lowest BCUT2D eigenvalue weighted by molar-refractivity contribution is 0.661. The molecule has 0 saturated carbocycles. The molecule has 0 saturated heterocycles. The third-order valence-electron chi connectivity index (χ3n) is 9.97. The Balaban J connectivity index is 1.04. The zero-order valence-electron chi connectivity index (χ0n) is 26.5. The molecule has 47 heavy (non-hydrogen) atoms. The summed E-state index contributed by atoms with van der Waals surface area (Å²) in [5.74, 6) is 0. The summed E-state index contributed by atoms with van der Waals surface area (Å²) in [7, 11) is 0. The number of fused-ring (bicyclic) bond motifs is 6. The van der Waals surface area contributed by atoms with Crippen molar-refractivity contribution < 1.29 is 0 Å². The third kappa shape index (κ3) is 4.48. The highest BCUT2D eigenvalue weighted by Gasteiger charge is 2.35. The van der Waals surface area contributed by atoms with E-state index >= 15 is 0 Å². The van der Waals surface area contributed by atoms with Crippen LogP contribution in [0.3, 0.4) is 0 Å². The van der Waals surface area contributed by atoms with Gasteiger partial charge in [-0.25, -0.2) is 0 Å². The SMILES string of the molecule is CC1(C)c2cc(Nc3ccc(-c4ccccc4)cc3)ccc2-c2ccc(-c3cccc(-n4c5ccccc5c5ccccc54)c3)cc21. The van der Waals surface area contributed by atoms with Gasteiger partial charge in [0.05, 0.1) is 11.0 Å². The van der Waals surface area contributed by atoms with E-state index in [1.54, 1.807) is 0 Å². The lowest BCUT2D eigenvalue weighted by atomic mass is 9.81. The second-order valence-corrected chi connectivity index (χ2v) is 13.1. The predicted molar refractivity (Wildman–Crippen MR) is 199 cm³/mol. The van der Waals surface area contributed by atoms with E-state index in [2.05, 4.69) is 188 Å². The lowest BCUT2D eigenvalue weighted by Crippen LogP contribution is -2.15. The molecule has 0 fully saturated rings. The molecule has 1 aromatic heterocycles. The van der Waals surface area contributed by atoms with Crippen molar-refractivity contribution in [2.75, 3.05) is 5.32 Å². The molecule has 7 aromatic carbocycles. The van der Waals surface area contributed by atoms with Gasteiger partial charge in [0, 0.05) is 33.2 Å². The highest BCUT2D eigenvalue weighted by atomic mass is 15.0. The summed E-state index contributed by atoms with van der Waals surface area (Å²) < 4.78 is 2.39. The van der Waals surface area contributed by atoms with Gasteiger partial charge in [-0.15, -0.1) is 0 Å². The summed E-state index contributed by atoms with van der Waals surface area (Å²) in [6.45, 7) is 4.71. The minimum Gasteiger partial charge on any atom is -0.356 e. The van der Waals surface area contributed by atoms with Crippen LogP contribution in [-0.4, -0.2) is 4.57 Å². The summed E-state index contributed by atoms with van der Waals surface area (Å²) in [4.78, 5) is 0. The van der Waals surface area contributed by atoms with Crippen LogP contribution < -0.4 is 5.32 Å². The summed E-state index contributed by atoms with van der Waals surface area (Å²) in [5.41, 5.74) is 16.0. The molecular formula is C45H34N2. The quantitative estimate of drug-likeness (QED) is 0.207. The highest BCUT2D eigenvalue weighted by Crippen LogP contribution is 2.50. The van der Waals surface area contributed by atoms with Crippen LogP contribution in [0.25, 0.3) is 60.9 Å². The van der Waals surface area contributed by atoms with Crippen LogP contribution in [0, 0.1) is 0 Å². The van der Waals surface area contributed by atoms with Gasteiger partial charge < -0.3 is 9.88 Å². The van der Waals surface area contributed by atoms with Crippen LogP contribution in [0.4, 0.5) is 11.4 Å². The van der Waals surface area contributed by atoms with Gasteiger partial charge in [-0.1, -0.05) is 123 Å². The molecule has 2 heteroatoms. The maximum absolute atomic E-state index is 3.66. The first-order valence-corrected chi connectivity index (χ1v) is 16.4. The van der Waals surface area contributed by atoms with E-state index in [1.165, 1.54) is 72.0 Å². The molecule has 0 aliphatic heterocycles. The Bertz CT molecular complexity index is 2390. The van der Waals surface area contributed by atoms with Crippen molar-refractivity contribution in [3.8, 4) is 39.1 Å². The second-order valence-electron chi connectivity index (χ2n) is 13.1. The van der Waals surface area contributed by atoms with E-state index in [0.29, 0.717) is 0 Å². The Morgan fingerprint density at radius 1 is 0.426 bits per heavy atom. The zero-order valence-corrected chi connectivity index (χ0v) is 26.5. The van der Waals surface area contributed by atoms with Gasteiger partial charge in [-0.05, 0) is 99.1 Å². The second kappa shape index (κ2) is 10.6. The molecule has 1 aliphatic carbocycles. The number of para-hydroxylation sites is 2. The van der Waals surface area contributed by atoms with Crippen molar-refractivity contribution in [2.45, 2.75) is 19.3 Å². The molecule has 224 valence electrons. The van der Waals surface area contributed by atoms with Crippen molar-refractivity contribution in [1.29, 1.82) is 0 Å². The molecule has 0 atom stereocenters. The third-order valence-corrected chi connectivity index (χ3v) is 9.97. The fourth-order valence-corrected chi connectivity index (χ4v) is 7.56. The van der Waals surface area contributed by atoms with Crippen LogP contribution in [0.1, 0.15) is 25.0 Å². The Hall–Kier alpha value is -5.86. The first kappa shape index (κ1) is 27.5. The molecule has 1 aliphatic rings. The summed E-state index contributed by atoms with van der Waals surface area (Å²) in [5, 5.41) is 6.22. The smallest absolute Gasteiger partial charge is 0.0541 e. The minimum absolute atomic E-state index is 0.125. The maximum Gasteiger partial charge on any atom is 0.0541 e. The molecule has 2 nitrogen and oxygen atoms in total. The monoisotopic (exact) mass is 602 g/mol. The van der Waals surface area contributed by atoms with Crippen molar-refractivity contribution in [2.24, 2.45) is 0 Å². The fraction of sp³-hybridized carbons (Fsp3) is 0.0667. The van der Waals surface area contributed by atoms with E-state index in [0.717, 1.165) is 11.4 Å². The molecule has 1 N–H and O–H groups in total. The average Bonchev–Trinajstić information content (AvgIpc) is 3.57. The Morgan fingerprint density at radius 2 is 0.957 bits per heavy atom. The van der Waals surface area contributed by atoms with Gasteiger partial charge in [0.25, 0.3) is 0 Å². The van der Waals surface area contributed by atoms with Crippen LogP contribution in [-0.2, 0) is 5.41 Å². The van der Waals surface area contributed by atoms with Crippen molar-refractivity contribution in [3.05, 3.63) is 175 Å². The largest absolute Gasteiger partial charge is 0.356 e. The normalized spacial score (nSPS) is 13.1. The molecule has 1 heterocycles. The summed E-state index contributed by atoms with van der Waals surface area (Å²) in [6.07, 6.45) is 0. The molecule has 0 spiro atoms. The number of aromatic nitrogens is 1. The van der Waals surface area contributed by atoms with Gasteiger partial charge in [0.2, 0.25) is 0 Å². The molecule has 0 amide bonds. The van der Waals surface area contributed by atoms with Gasteiger partial charge in [0.15, 0.2) is 0 Å². The fourth-order valence-electron chi connectivity index (χ4n) is 7.56. The van der Waals surface area contributed by atoms with Crippen molar-refractivity contribution in [3.63, 3.8) is 0 Å². The van der Waals surface area contributed by atoms with Crippen molar-refractivity contribution in [1.82, 2.24) is 4.57 Å². The van der Waals surface area contributed by atoms with E-state index < -0.39 is 0 Å². The number of hydrogen-bond acceptors (Lipinski definition) is 1. The maximum atomic E-state index is 3.66. The number of benzene rings is 7. The molecule has 0 unspecified atom stereocenters. The van der Waals surface area contributed by atoms with Gasteiger partial charge in [0.1, 0.15) is 0 Å². The molecule has 0 radical (unpaired) electrons. The van der Waals surface area contributed by atoms with Crippen LogP contribution >= 0.6 is 0 Å². The Morgan fingerprint density at radius 3 is 1.68 bits per heavy atom. The Kier molecular flexibility index (Phi) is 6.20. The summed E-state index contributed by atoms with van der Waals surface area (Å²) in [6, 6.07) is 59.4. The van der Waals surface area contributed by atoms with E-state index in [1.807, 2.05) is 0 Å². The molecule has 0 bridgehead atoms. The topological polar surface area (TPSA) is 17.0 Å². The number of hydrogen-bond donors (Lipinski definition) is 1. The van der Waals surface area contributed by atoms with Crippen molar-refractivity contribution >= 4 is 33.2 Å². The van der Waals surface area contributed by atoms with E-state index in [-0.39, 0.29) is 5.41 Å². The van der Waals surface area contributed by atoms with E-state index in [9.17, 15) is 0 Å². The van der Waals surface area contributed by atoms with Gasteiger partial charge in [-0.2, -0.15) is 0 Å². The minimum atomic E-state index is -0.125. The predicted octanol–water partition coefficient (Wildman–Crippen LogP) is 12.2. The van der Waals surface area contributed by atoms with Gasteiger partial charge in [-0.3, -0.25) is 0 Å². The lowest BCUT2D eigenvalue weighted by Gasteiger charge is -2.23. The highest BCUT2D eigenvalue weighted by molar-refractivity contribution is 6.09. The standard InChI is InChI=1S/C45H34N2/c1-45(2)41-28-33(32-13-10-14-36(27-32)47-43-17-8-6-15-39(43)40-16-7-9-18-44(40)47)21-25-37(41)38-26-24-35(29-42(38)45)46-34-22-19-31(20-23-34)30-11-4-3-5-12-30/h3-29,46H,1-2H3. The van der Waals surface area contributed by atoms with Gasteiger partial charge >= 0.3 is 0 Å². The molecule has 9 rings (SSSR count). The first-order chi connectivity index (χ1) is 23.0. The van der Waals surface area contributed by atoms with E-state index in [4.69, 9.17) is 0 Å². The number of anilines is 2. The number of rotatable bonds is 5. The van der Waals surface area contributed by atoms with Crippen LogP contribution in [0.15, 0.2) is 164 Å². The molecular weight excluding hydrogens is 569 g/mol. The zero-order chi connectivity index (χ0) is 31.5. The number of nitrogens with one attached hydrogen (secondary N) is 1.